The van der Waals surface area contributed by atoms with Gasteiger partial charge in [-0.1, -0.05) is 24.3 Å². The molecule has 4 nitrogen and oxygen atoms in total. The minimum Gasteiger partial charge on any atom is -0.497 e. The first kappa shape index (κ1) is 15.8. The van der Waals surface area contributed by atoms with E-state index >= 15 is 0 Å². The van der Waals surface area contributed by atoms with E-state index in [1.807, 2.05) is 25.1 Å². The zero-order valence-corrected chi connectivity index (χ0v) is 12.7. The van der Waals surface area contributed by atoms with Crippen LogP contribution in [0.4, 0.5) is 0 Å². The Kier molecular flexibility index (Phi) is 5.31. The number of benzene rings is 2. The van der Waals surface area contributed by atoms with Crippen molar-refractivity contribution in [3.05, 3.63) is 65.2 Å². The lowest BCUT2D eigenvalue weighted by Gasteiger charge is -2.08. The number of methoxy groups -OCH3 is 1. The standard InChI is InChI=1S/C18H19NO3/c1-13(10-15-4-3-5-17(11-15)22-2)19-12-14-6-8-16(9-7-14)18(20)21/h3-9,11-13H,10H2,1-2H3,(H,20,21). The van der Waals surface area contributed by atoms with Crippen LogP contribution in [0.15, 0.2) is 53.5 Å². The van der Waals surface area contributed by atoms with Crippen LogP contribution in [-0.2, 0) is 6.42 Å². The molecule has 0 aliphatic heterocycles. The number of carboxylic acid groups (broad SMARTS) is 1. The number of hydrogen-bond acceptors (Lipinski definition) is 3. The second kappa shape index (κ2) is 7.41. The smallest absolute Gasteiger partial charge is 0.335 e. The van der Waals surface area contributed by atoms with Crippen LogP contribution in [0.2, 0.25) is 0 Å². The summed E-state index contributed by atoms with van der Waals surface area (Å²) in [6, 6.07) is 14.7. The van der Waals surface area contributed by atoms with E-state index < -0.39 is 5.97 Å². The Bertz CT molecular complexity index is 662. The van der Waals surface area contributed by atoms with E-state index in [9.17, 15) is 4.79 Å². The molecule has 1 atom stereocenters. The van der Waals surface area contributed by atoms with Crippen LogP contribution in [0.5, 0.6) is 5.75 Å². The highest BCUT2D eigenvalue weighted by molar-refractivity contribution is 5.89. The molecule has 0 spiro atoms. The number of aromatic carboxylic acids is 1. The molecule has 2 aromatic rings. The molecule has 0 heterocycles. The van der Waals surface area contributed by atoms with Gasteiger partial charge in [0.15, 0.2) is 0 Å². The van der Waals surface area contributed by atoms with E-state index in [1.54, 1.807) is 37.6 Å². The molecule has 0 aliphatic carbocycles. The predicted molar refractivity (Wildman–Crippen MR) is 87.2 cm³/mol. The summed E-state index contributed by atoms with van der Waals surface area (Å²) in [6.07, 6.45) is 2.59. The van der Waals surface area contributed by atoms with Crippen molar-refractivity contribution in [1.82, 2.24) is 0 Å². The maximum atomic E-state index is 10.8. The maximum Gasteiger partial charge on any atom is 0.335 e. The molecule has 0 saturated heterocycles. The van der Waals surface area contributed by atoms with Crippen LogP contribution < -0.4 is 4.74 Å². The lowest BCUT2D eigenvalue weighted by molar-refractivity contribution is 0.0697. The number of nitrogens with zero attached hydrogens (tertiary/aromatic N) is 1. The van der Waals surface area contributed by atoms with Crippen LogP contribution >= 0.6 is 0 Å². The van der Waals surface area contributed by atoms with Crippen molar-refractivity contribution in [1.29, 1.82) is 0 Å². The van der Waals surface area contributed by atoms with Crippen molar-refractivity contribution in [2.75, 3.05) is 7.11 Å². The topological polar surface area (TPSA) is 58.9 Å². The van der Waals surface area contributed by atoms with Gasteiger partial charge in [-0.3, -0.25) is 4.99 Å². The number of carbonyl (C=O) groups is 1. The third-order valence-corrected chi connectivity index (χ3v) is 3.30. The largest absolute Gasteiger partial charge is 0.497 e. The van der Waals surface area contributed by atoms with Crippen molar-refractivity contribution >= 4 is 12.2 Å². The van der Waals surface area contributed by atoms with Crippen molar-refractivity contribution < 1.29 is 14.6 Å². The Morgan fingerprint density at radius 2 is 2.00 bits per heavy atom. The van der Waals surface area contributed by atoms with Gasteiger partial charge in [-0.25, -0.2) is 4.79 Å². The fourth-order valence-electron chi connectivity index (χ4n) is 2.12. The molecule has 0 aromatic heterocycles. The molecule has 2 rings (SSSR count). The summed E-state index contributed by atoms with van der Waals surface area (Å²) in [5, 5.41) is 8.86. The maximum absolute atomic E-state index is 10.8. The molecule has 0 fully saturated rings. The third kappa shape index (κ3) is 4.45. The predicted octanol–water partition coefficient (Wildman–Crippen LogP) is 3.44. The summed E-state index contributed by atoms with van der Waals surface area (Å²) >= 11 is 0. The molecule has 2 aromatic carbocycles. The SMILES string of the molecule is COc1cccc(CC(C)N=Cc2ccc(C(=O)O)cc2)c1. The summed E-state index contributed by atoms with van der Waals surface area (Å²) in [5.41, 5.74) is 2.34. The lowest BCUT2D eigenvalue weighted by atomic mass is 10.1. The van der Waals surface area contributed by atoms with Gasteiger partial charge >= 0.3 is 5.97 Å². The van der Waals surface area contributed by atoms with Gasteiger partial charge in [0.1, 0.15) is 5.75 Å². The Balaban J connectivity index is 1.98. The van der Waals surface area contributed by atoms with Gasteiger partial charge in [0.05, 0.1) is 18.7 Å². The van der Waals surface area contributed by atoms with Crippen LogP contribution in [0.25, 0.3) is 0 Å². The van der Waals surface area contributed by atoms with Crippen molar-refractivity contribution in [3.63, 3.8) is 0 Å². The van der Waals surface area contributed by atoms with E-state index in [1.165, 1.54) is 5.56 Å². The lowest BCUT2D eigenvalue weighted by Crippen LogP contribution is -2.04. The monoisotopic (exact) mass is 297 g/mol. The van der Waals surface area contributed by atoms with Gasteiger partial charge in [0.2, 0.25) is 0 Å². The fourth-order valence-corrected chi connectivity index (χ4v) is 2.12. The molecule has 4 heteroatoms. The molecule has 22 heavy (non-hydrogen) atoms. The first-order valence-corrected chi connectivity index (χ1v) is 7.08. The molecule has 0 aliphatic rings. The van der Waals surface area contributed by atoms with E-state index in [-0.39, 0.29) is 11.6 Å². The molecule has 1 N–H and O–H groups in total. The van der Waals surface area contributed by atoms with Gasteiger partial charge in [-0.05, 0) is 48.7 Å². The quantitative estimate of drug-likeness (QED) is 0.831. The molecule has 0 saturated carbocycles. The van der Waals surface area contributed by atoms with E-state index in [2.05, 4.69) is 11.1 Å². The Hall–Kier alpha value is -2.62. The number of ether oxygens (including phenoxy) is 1. The Labute approximate surface area is 130 Å². The van der Waals surface area contributed by atoms with E-state index in [0.29, 0.717) is 0 Å². The summed E-state index contributed by atoms with van der Waals surface area (Å²) in [5.74, 6) is -0.0761. The van der Waals surface area contributed by atoms with Gasteiger partial charge in [0, 0.05) is 6.21 Å². The van der Waals surface area contributed by atoms with Gasteiger partial charge < -0.3 is 9.84 Å². The molecule has 114 valence electrons. The number of rotatable bonds is 6. The average molecular weight is 297 g/mol. The Morgan fingerprint density at radius 3 is 2.64 bits per heavy atom. The molecule has 1 unspecified atom stereocenters. The Morgan fingerprint density at radius 1 is 1.27 bits per heavy atom. The van der Waals surface area contributed by atoms with Gasteiger partial charge in [0.25, 0.3) is 0 Å². The van der Waals surface area contributed by atoms with Crippen molar-refractivity contribution in [2.24, 2.45) is 4.99 Å². The molecular formula is C18H19NO3. The van der Waals surface area contributed by atoms with Gasteiger partial charge in [-0.15, -0.1) is 0 Å². The minimum absolute atomic E-state index is 0.131. The first-order chi connectivity index (χ1) is 10.6. The molecule has 0 bridgehead atoms. The molecule has 0 amide bonds. The van der Waals surface area contributed by atoms with Gasteiger partial charge in [-0.2, -0.15) is 0 Å². The summed E-state index contributed by atoms with van der Waals surface area (Å²) in [6.45, 7) is 2.04. The normalized spacial score (nSPS) is 12.3. The summed E-state index contributed by atoms with van der Waals surface area (Å²) in [7, 11) is 1.65. The number of aliphatic imine (C=N–C) groups is 1. The van der Waals surface area contributed by atoms with Crippen LogP contribution in [0.1, 0.15) is 28.4 Å². The number of hydrogen-bond donors (Lipinski definition) is 1. The highest BCUT2D eigenvalue weighted by Gasteiger charge is 2.03. The van der Waals surface area contributed by atoms with Crippen LogP contribution in [-0.4, -0.2) is 30.4 Å². The van der Waals surface area contributed by atoms with Crippen LogP contribution in [0.3, 0.4) is 0 Å². The van der Waals surface area contributed by atoms with E-state index in [0.717, 1.165) is 17.7 Å². The average Bonchev–Trinajstić information content (AvgIpc) is 2.53. The highest BCUT2D eigenvalue weighted by atomic mass is 16.5. The fraction of sp³-hybridized carbons (Fsp3) is 0.222. The second-order valence-corrected chi connectivity index (χ2v) is 5.11. The first-order valence-electron chi connectivity index (χ1n) is 7.08. The number of carboxylic acids is 1. The van der Waals surface area contributed by atoms with Crippen molar-refractivity contribution in [3.8, 4) is 5.75 Å². The molecular weight excluding hydrogens is 278 g/mol. The van der Waals surface area contributed by atoms with Crippen molar-refractivity contribution in [2.45, 2.75) is 19.4 Å². The third-order valence-electron chi connectivity index (χ3n) is 3.30. The minimum atomic E-state index is -0.921. The van der Waals surface area contributed by atoms with E-state index in [4.69, 9.17) is 9.84 Å². The second-order valence-electron chi connectivity index (χ2n) is 5.11. The zero-order chi connectivity index (χ0) is 15.9. The summed E-state index contributed by atoms with van der Waals surface area (Å²) < 4.78 is 5.21. The summed E-state index contributed by atoms with van der Waals surface area (Å²) in [4.78, 5) is 15.3. The van der Waals surface area contributed by atoms with Crippen LogP contribution in [0, 0.1) is 0 Å². The highest BCUT2D eigenvalue weighted by Crippen LogP contribution is 2.15. The molecule has 0 radical (unpaired) electrons. The zero-order valence-electron chi connectivity index (χ0n) is 12.7.